The Labute approximate surface area is 195 Å². The number of fused-ring (bicyclic) bond motifs is 1. The number of imide groups is 1. The van der Waals surface area contributed by atoms with Crippen molar-refractivity contribution in [1.82, 2.24) is 15.1 Å². The minimum atomic E-state index is -0.357. The van der Waals surface area contributed by atoms with Gasteiger partial charge in [0.15, 0.2) is 0 Å². The molecule has 0 fully saturated rings. The molecule has 0 saturated carbocycles. The van der Waals surface area contributed by atoms with Crippen molar-refractivity contribution in [3.63, 3.8) is 0 Å². The van der Waals surface area contributed by atoms with E-state index in [4.69, 9.17) is 4.74 Å². The first-order valence-electron chi connectivity index (χ1n) is 10.9. The van der Waals surface area contributed by atoms with E-state index < -0.39 is 0 Å². The largest absolute Gasteiger partial charge is 0.494 e. The second-order valence-corrected chi connectivity index (χ2v) is 8.69. The van der Waals surface area contributed by atoms with Crippen LogP contribution in [0.2, 0.25) is 0 Å². The van der Waals surface area contributed by atoms with Crippen LogP contribution in [-0.4, -0.2) is 39.4 Å². The van der Waals surface area contributed by atoms with Crippen LogP contribution in [0.3, 0.4) is 0 Å². The normalized spacial score (nSPS) is 12.7. The number of anilines is 1. The van der Waals surface area contributed by atoms with Gasteiger partial charge < -0.3 is 4.74 Å². The average Bonchev–Trinajstić information content (AvgIpc) is 3.37. The smallest absolute Gasteiger partial charge is 0.261 e. The van der Waals surface area contributed by atoms with Gasteiger partial charge in [0.25, 0.3) is 17.7 Å². The van der Waals surface area contributed by atoms with E-state index in [0.29, 0.717) is 33.4 Å². The minimum absolute atomic E-state index is 0.00414. The molecule has 0 saturated heterocycles. The highest BCUT2D eigenvalue weighted by atomic mass is 32.1. The summed E-state index contributed by atoms with van der Waals surface area (Å²) in [5.41, 5.74) is 1.23. The van der Waals surface area contributed by atoms with Crippen LogP contribution in [0.4, 0.5) is 5.13 Å². The number of carbonyl (C=O) groups is 3. The fourth-order valence-electron chi connectivity index (χ4n) is 3.48. The first-order valence-corrected chi connectivity index (χ1v) is 11.7. The number of aromatic nitrogens is 2. The van der Waals surface area contributed by atoms with E-state index >= 15 is 0 Å². The summed E-state index contributed by atoms with van der Waals surface area (Å²) in [7, 11) is 0. The molecule has 4 rings (SSSR count). The first-order chi connectivity index (χ1) is 16.1. The Bertz CT molecular complexity index is 1120. The lowest BCUT2D eigenvalue weighted by Gasteiger charge is -2.10. The third kappa shape index (κ3) is 5.25. The molecule has 0 aliphatic carbocycles. The molecule has 2 aromatic carbocycles. The molecule has 8 nitrogen and oxygen atoms in total. The van der Waals surface area contributed by atoms with Gasteiger partial charge in [-0.2, -0.15) is 0 Å². The molecule has 1 N–H and O–H groups in total. The fraction of sp³-hybridized carbons (Fsp3) is 0.292. The van der Waals surface area contributed by atoms with Crippen LogP contribution in [0.5, 0.6) is 5.75 Å². The van der Waals surface area contributed by atoms with Crippen molar-refractivity contribution < 1.29 is 19.1 Å². The Balaban J connectivity index is 1.31. The molecule has 0 spiro atoms. The second kappa shape index (κ2) is 10.4. The Morgan fingerprint density at radius 1 is 0.970 bits per heavy atom. The third-order valence-corrected chi connectivity index (χ3v) is 6.07. The van der Waals surface area contributed by atoms with Crippen LogP contribution in [0.15, 0.2) is 48.5 Å². The van der Waals surface area contributed by atoms with Gasteiger partial charge in [-0.1, -0.05) is 49.7 Å². The average molecular weight is 465 g/mol. The number of carbonyl (C=O) groups excluding carboxylic acids is 3. The molecular formula is C24H24N4O4S. The molecule has 1 aromatic heterocycles. The SMILES string of the molecule is CCCCCCOc1ccc(C(=O)Nc2nnc(CN3C(=O)c4ccccc4C3=O)s2)cc1. The Morgan fingerprint density at radius 3 is 2.33 bits per heavy atom. The maximum atomic E-state index is 12.5. The Hall–Kier alpha value is -3.59. The highest BCUT2D eigenvalue weighted by Gasteiger charge is 2.35. The molecule has 1 aliphatic rings. The quantitative estimate of drug-likeness (QED) is 0.349. The summed E-state index contributed by atoms with van der Waals surface area (Å²) in [4.78, 5) is 38.7. The first kappa shape index (κ1) is 22.6. The van der Waals surface area contributed by atoms with E-state index in [0.717, 1.165) is 34.8 Å². The molecule has 0 atom stereocenters. The molecule has 2 heterocycles. The summed E-state index contributed by atoms with van der Waals surface area (Å²) in [5.74, 6) is -0.316. The predicted octanol–water partition coefficient (Wildman–Crippen LogP) is 4.55. The van der Waals surface area contributed by atoms with Crippen molar-refractivity contribution in [3.8, 4) is 5.75 Å². The number of unbranched alkanes of at least 4 members (excludes halogenated alkanes) is 3. The number of benzene rings is 2. The summed E-state index contributed by atoms with van der Waals surface area (Å²) < 4.78 is 5.70. The molecule has 9 heteroatoms. The number of ether oxygens (including phenoxy) is 1. The van der Waals surface area contributed by atoms with Crippen LogP contribution in [0.25, 0.3) is 0 Å². The lowest BCUT2D eigenvalue weighted by atomic mass is 10.1. The van der Waals surface area contributed by atoms with Crippen molar-refractivity contribution in [3.05, 3.63) is 70.2 Å². The number of hydrogen-bond acceptors (Lipinski definition) is 7. The molecule has 170 valence electrons. The van der Waals surface area contributed by atoms with Crippen LogP contribution in [0, 0.1) is 0 Å². The number of amides is 3. The number of rotatable bonds is 10. The van der Waals surface area contributed by atoms with E-state index in [1.165, 1.54) is 12.8 Å². The maximum Gasteiger partial charge on any atom is 0.261 e. The second-order valence-electron chi connectivity index (χ2n) is 7.63. The lowest BCUT2D eigenvalue weighted by molar-refractivity contribution is 0.0641. The van der Waals surface area contributed by atoms with Gasteiger partial charge in [-0.05, 0) is 42.8 Å². The van der Waals surface area contributed by atoms with Crippen molar-refractivity contribution in [2.45, 2.75) is 39.2 Å². The van der Waals surface area contributed by atoms with Crippen molar-refractivity contribution in [1.29, 1.82) is 0 Å². The zero-order valence-electron chi connectivity index (χ0n) is 18.2. The van der Waals surface area contributed by atoms with Gasteiger partial charge in [0.05, 0.1) is 24.3 Å². The third-order valence-electron chi connectivity index (χ3n) is 5.24. The molecule has 3 amide bonds. The molecule has 1 aliphatic heterocycles. The van der Waals surface area contributed by atoms with Gasteiger partial charge in [0.2, 0.25) is 5.13 Å². The monoisotopic (exact) mass is 464 g/mol. The number of nitrogens with one attached hydrogen (secondary N) is 1. The van der Waals surface area contributed by atoms with Crippen LogP contribution in [0.1, 0.15) is 68.7 Å². The maximum absolute atomic E-state index is 12.5. The van der Waals surface area contributed by atoms with Crippen LogP contribution >= 0.6 is 11.3 Å². The molecular weight excluding hydrogens is 440 g/mol. The Kier molecular flexibility index (Phi) is 7.09. The van der Waals surface area contributed by atoms with Crippen molar-refractivity contribution >= 4 is 34.2 Å². The number of nitrogens with zero attached hydrogens (tertiary/aromatic N) is 3. The number of hydrogen-bond donors (Lipinski definition) is 1. The Morgan fingerprint density at radius 2 is 1.67 bits per heavy atom. The topological polar surface area (TPSA) is 101 Å². The molecule has 33 heavy (non-hydrogen) atoms. The fourth-order valence-corrected chi connectivity index (χ4v) is 4.20. The van der Waals surface area contributed by atoms with E-state index in [9.17, 15) is 14.4 Å². The summed E-state index contributed by atoms with van der Waals surface area (Å²) in [5, 5.41) is 11.4. The standard InChI is InChI=1S/C24H24N4O4S/c1-2-3-4-7-14-32-17-12-10-16(11-13-17)21(29)25-24-27-26-20(33-24)15-28-22(30)18-8-5-6-9-19(18)23(28)31/h5-6,8-13H,2-4,7,14-15H2,1H3,(H,25,27,29). The van der Waals surface area contributed by atoms with Gasteiger partial charge in [0.1, 0.15) is 10.8 Å². The summed E-state index contributed by atoms with van der Waals surface area (Å²) >= 11 is 1.12. The van der Waals surface area contributed by atoms with E-state index in [-0.39, 0.29) is 24.3 Å². The van der Waals surface area contributed by atoms with Gasteiger partial charge in [-0.3, -0.25) is 24.6 Å². The van der Waals surface area contributed by atoms with Crippen molar-refractivity contribution in [2.75, 3.05) is 11.9 Å². The summed E-state index contributed by atoms with van der Waals surface area (Å²) in [6.45, 7) is 2.83. The summed E-state index contributed by atoms with van der Waals surface area (Å²) in [6, 6.07) is 13.6. The lowest BCUT2D eigenvalue weighted by Crippen LogP contribution is -2.29. The minimum Gasteiger partial charge on any atom is -0.494 e. The molecule has 0 bridgehead atoms. The van der Waals surface area contributed by atoms with E-state index in [1.807, 2.05) is 0 Å². The van der Waals surface area contributed by atoms with Gasteiger partial charge >= 0.3 is 0 Å². The highest BCUT2D eigenvalue weighted by molar-refractivity contribution is 7.15. The van der Waals surface area contributed by atoms with Crippen LogP contribution < -0.4 is 10.1 Å². The van der Waals surface area contributed by atoms with Gasteiger partial charge in [-0.25, -0.2) is 0 Å². The van der Waals surface area contributed by atoms with Gasteiger partial charge in [-0.15, -0.1) is 10.2 Å². The zero-order chi connectivity index (χ0) is 23.2. The van der Waals surface area contributed by atoms with E-state index in [1.54, 1.807) is 48.5 Å². The van der Waals surface area contributed by atoms with Crippen LogP contribution in [-0.2, 0) is 6.54 Å². The zero-order valence-corrected chi connectivity index (χ0v) is 19.1. The predicted molar refractivity (Wildman–Crippen MR) is 125 cm³/mol. The molecule has 0 radical (unpaired) electrons. The van der Waals surface area contributed by atoms with E-state index in [2.05, 4.69) is 22.4 Å². The van der Waals surface area contributed by atoms with Crippen molar-refractivity contribution in [2.24, 2.45) is 0 Å². The molecule has 0 unspecified atom stereocenters. The van der Waals surface area contributed by atoms with Gasteiger partial charge in [0, 0.05) is 5.56 Å². The highest BCUT2D eigenvalue weighted by Crippen LogP contribution is 2.26. The summed E-state index contributed by atoms with van der Waals surface area (Å²) in [6.07, 6.45) is 4.54. The molecule has 3 aromatic rings.